The van der Waals surface area contributed by atoms with Gasteiger partial charge in [-0.2, -0.15) is 0 Å². The minimum atomic E-state index is -0.515. The maximum atomic E-state index is 12.2. The SMILES string of the molecule is CCCN(N)/C=C(\N)C(N)c1cccc2c(=O)n(C)ccc12. The standard InChI is InChI=1S/C16H23N5O/c1-3-8-21(19)10-14(17)15(18)12-5-4-6-13-11(12)7-9-20(2)16(13)22/h4-7,9-10,15H,3,8,17-19H2,1-2H3/b14-10-. The minimum absolute atomic E-state index is 0.0551. The molecule has 6 N–H and O–H groups in total. The first kappa shape index (κ1) is 16.1. The van der Waals surface area contributed by atoms with Gasteiger partial charge in [0.1, 0.15) is 0 Å². The lowest BCUT2D eigenvalue weighted by atomic mass is 9.98. The maximum Gasteiger partial charge on any atom is 0.258 e. The number of hydrogen-bond donors (Lipinski definition) is 3. The van der Waals surface area contributed by atoms with Gasteiger partial charge in [-0.15, -0.1) is 0 Å². The highest BCUT2D eigenvalue weighted by molar-refractivity contribution is 5.85. The number of aromatic nitrogens is 1. The molecule has 0 aliphatic heterocycles. The first-order valence-electron chi connectivity index (χ1n) is 7.28. The van der Waals surface area contributed by atoms with E-state index in [9.17, 15) is 4.79 Å². The molecule has 0 aliphatic rings. The molecule has 0 radical (unpaired) electrons. The van der Waals surface area contributed by atoms with Crippen LogP contribution < -0.4 is 22.9 Å². The molecule has 1 aromatic carbocycles. The number of pyridine rings is 1. The zero-order chi connectivity index (χ0) is 16.3. The molecule has 6 nitrogen and oxygen atoms in total. The summed E-state index contributed by atoms with van der Waals surface area (Å²) in [5.41, 5.74) is 13.5. The predicted octanol–water partition coefficient (Wildman–Crippen LogP) is 0.924. The van der Waals surface area contributed by atoms with Crippen molar-refractivity contribution < 1.29 is 0 Å². The van der Waals surface area contributed by atoms with Crippen molar-refractivity contribution in [2.24, 2.45) is 24.4 Å². The van der Waals surface area contributed by atoms with Gasteiger partial charge < -0.3 is 21.0 Å². The van der Waals surface area contributed by atoms with Crippen molar-refractivity contribution in [3.8, 4) is 0 Å². The van der Waals surface area contributed by atoms with Gasteiger partial charge in [-0.05, 0) is 29.5 Å². The van der Waals surface area contributed by atoms with Crippen LogP contribution in [0.25, 0.3) is 10.8 Å². The number of fused-ring (bicyclic) bond motifs is 1. The zero-order valence-corrected chi connectivity index (χ0v) is 13.0. The minimum Gasteiger partial charge on any atom is -0.399 e. The molecule has 1 heterocycles. The van der Waals surface area contributed by atoms with E-state index < -0.39 is 6.04 Å². The number of aryl methyl sites for hydroxylation is 1. The van der Waals surface area contributed by atoms with E-state index in [0.717, 1.165) is 17.4 Å². The first-order chi connectivity index (χ1) is 10.5. The van der Waals surface area contributed by atoms with Crippen molar-refractivity contribution in [1.82, 2.24) is 9.58 Å². The van der Waals surface area contributed by atoms with Crippen LogP contribution in [-0.2, 0) is 7.05 Å². The van der Waals surface area contributed by atoms with Crippen molar-refractivity contribution >= 4 is 10.8 Å². The Morgan fingerprint density at radius 2 is 2.09 bits per heavy atom. The summed E-state index contributed by atoms with van der Waals surface area (Å²) < 4.78 is 1.54. The van der Waals surface area contributed by atoms with E-state index in [4.69, 9.17) is 17.3 Å². The topological polar surface area (TPSA) is 103 Å². The molecule has 0 spiro atoms. The molecule has 6 heteroatoms. The summed E-state index contributed by atoms with van der Waals surface area (Å²) in [6.45, 7) is 2.73. The molecule has 0 fully saturated rings. The molecular weight excluding hydrogens is 278 g/mol. The second-order valence-corrected chi connectivity index (χ2v) is 5.38. The number of hydrogen-bond acceptors (Lipinski definition) is 5. The lowest BCUT2D eigenvalue weighted by molar-refractivity contribution is 0.387. The van der Waals surface area contributed by atoms with Crippen LogP contribution in [0.2, 0.25) is 0 Å². The monoisotopic (exact) mass is 301 g/mol. The van der Waals surface area contributed by atoms with Gasteiger partial charge in [-0.1, -0.05) is 19.1 Å². The van der Waals surface area contributed by atoms with Gasteiger partial charge in [0.05, 0.1) is 6.04 Å². The molecule has 22 heavy (non-hydrogen) atoms. The second-order valence-electron chi connectivity index (χ2n) is 5.38. The van der Waals surface area contributed by atoms with Gasteiger partial charge in [0.2, 0.25) is 0 Å². The van der Waals surface area contributed by atoms with Gasteiger partial charge in [0, 0.05) is 37.1 Å². The number of nitrogens with two attached hydrogens (primary N) is 3. The Morgan fingerprint density at radius 3 is 2.77 bits per heavy atom. The number of hydrazine groups is 1. The number of benzene rings is 1. The van der Waals surface area contributed by atoms with Crippen LogP contribution in [0.5, 0.6) is 0 Å². The van der Waals surface area contributed by atoms with Crippen molar-refractivity contribution in [3.05, 3.63) is 58.3 Å². The summed E-state index contributed by atoms with van der Waals surface area (Å²) in [6, 6.07) is 6.86. The third kappa shape index (κ3) is 3.13. The Labute approximate surface area is 129 Å². The third-order valence-electron chi connectivity index (χ3n) is 3.65. The number of nitrogens with zero attached hydrogens (tertiary/aromatic N) is 2. The Morgan fingerprint density at radius 1 is 1.36 bits per heavy atom. The highest BCUT2D eigenvalue weighted by Crippen LogP contribution is 2.23. The van der Waals surface area contributed by atoms with Crippen molar-refractivity contribution in [3.63, 3.8) is 0 Å². The quantitative estimate of drug-likeness (QED) is 0.563. The Bertz CT molecular complexity index is 750. The van der Waals surface area contributed by atoms with Crippen LogP contribution in [0.15, 0.2) is 47.2 Å². The van der Waals surface area contributed by atoms with E-state index in [2.05, 4.69) is 0 Å². The predicted molar refractivity (Wildman–Crippen MR) is 89.6 cm³/mol. The summed E-state index contributed by atoms with van der Waals surface area (Å²) in [5.74, 6) is 5.83. The molecule has 0 saturated heterocycles. The normalized spacial score (nSPS) is 13.4. The fraction of sp³-hybridized carbons (Fsp3) is 0.312. The van der Waals surface area contributed by atoms with Crippen LogP contribution >= 0.6 is 0 Å². The van der Waals surface area contributed by atoms with Gasteiger partial charge in [-0.3, -0.25) is 4.79 Å². The Hall–Kier alpha value is -2.31. The second kappa shape index (κ2) is 6.64. The zero-order valence-electron chi connectivity index (χ0n) is 13.0. The van der Waals surface area contributed by atoms with E-state index in [1.807, 2.05) is 25.1 Å². The molecule has 0 saturated carbocycles. The van der Waals surface area contributed by atoms with E-state index in [-0.39, 0.29) is 5.56 Å². The van der Waals surface area contributed by atoms with Crippen LogP contribution in [0.1, 0.15) is 24.9 Å². The van der Waals surface area contributed by atoms with Crippen LogP contribution in [-0.4, -0.2) is 16.1 Å². The first-order valence-corrected chi connectivity index (χ1v) is 7.28. The molecule has 1 unspecified atom stereocenters. The molecule has 2 rings (SSSR count). The maximum absolute atomic E-state index is 12.2. The summed E-state index contributed by atoms with van der Waals surface area (Å²) in [6.07, 6.45) is 4.29. The summed E-state index contributed by atoms with van der Waals surface area (Å²) in [4.78, 5) is 12.2. The number of rotatable bonds is 5. The average molecular weight is 301 g/mol. The van der Waals surface area contributed by atoms with E-state index in [1.165, 1.54) is 5.01 Å². The molecule has 118 valence electrons. The molecule has 0 aliphatic carbocycles. The lowest BCUT2D eigenvalue weighted by Gasteiger charge is -2.19. The van der Waals surface area contributed by atoms with E-state index in [1.54, 1.807) is 30.1 Å². The fourth-order valence-electron chi connectivity index (χ4n) is 2.44. The van der Waals surface area contributed by atoms with Gasteiger partial charge in [0.15, 0.2) is 0 Å². The Kier molecular flexibility index (Phi) is 4.85. The van der Waals surface area contributed by atoms with Crippen molar-refractivity contribution in [2.75, 3.05) is 6.54 Å². The molecular formula is C16H23N5O. The van der Waals surface area contributed by atoms with Crippen LogP contribution in [0.3, 0.4) is 0 Å². The van der Waals surface area contributed by atoms with Gasteiger partial charge >= 0.3 is 0 Å². The molecule has 2 aromatic rings. The van der Waals surface area contributed by atoms with Crippen molar-refractivity contribution in [1.29, 1.82) is 0 Å². The average Bonchev–Trinajstić information content (AvgIpc) is 2.50. The van der Waals surface area contributed by atoms with Gasteiger partial charge in [0.25, 0.3) is 5.56 Å². The highest BCUT2D eigenvalue weighted by Gasteiger charge is 2.14. The van der Waals surface area contributed by atoms with E-state index in [0.29, 0.717) is 17.6 Å². The fourth-order valence-corrected chi connectivity index (χ4v) is 2.44. The molecule has 1 aromatic heterocycles. The van der Waals surface area contributed by atoms with Crippen molar-refractivity contribution in [2.45, 2.75) is 19.4 Å². The van der Waals surface area contributed by atoms with Gasteiger partial charge in [-0.25, -0.2) is 5.84 Å². The Balaban J connectivity index is 2.46. The summed E-state index contributed by atoms with van der Waals surface area (Å²) >= 11 is 0. The highest BCUT2D eigenvalue weighted by atomic mass is 16.1. The summed E-state index contributed by atoms with van der Waals surface area (Å²) in [5, 5.41) is 2.97. The summed E-state index contributed by atoms with van der Waals surface area (Å²) in [7, 11) is 1.72. The van der Waals surface area contributed by atoms with Crippen LogP contribution in [0, 0.1) is 0 Å². The largest absolute Gasteiger partial charge is 0.399 e. The smallest absolute Gasteiger partial charge is 0.258 e. The van der Waals surface area contributed by atoms with Crippen LogP contribution in [0.4, 0.5) is 0 Å². The molecule has 0 bridgehead atoms. The lowest BCUT2D eigenvalue weighted by Crippen LogP contribution is -2.30. The molecule has 0 amide bonds. The molecule has 1 atom stereocenters. The van der Waals surface area contributed by atoms with E-state index >= 15 is 0 Å². The third-order valence-corrected chi connectivity index (χ3v) is 3.65.